The average Bonchev–Trinajstić information content (AvgIpc) is 3.95. The van der Waals surface area contributed by atoms with Gasteiger partial charge in [0.15, 0.2) is 0 Å². The summed E-state index contributed by atoms with van der Waals surface area (Å²) in [7, 11) is 0. The van der Waals surface area contributed by atoms with Crippen molar-refractivity contribution in [1.29, 1.82) is 0 Å². The Bertz CT molecular complexity index is 3650. The average molecular weight is 1020 g/mol. The highest BCUT2D eigenvalue weighted by Gasteiger charge is 2.63. The number of thiophene rings is 1. The number of fused-ring (bicyclic) bond motifs is 13. The molecule has 3 aliphatic carbocycles. The zero-order chi connectivity index (χ0) is 53.2. The molecule has 2 saturated carbocycles. The van der Waals surface area contributed by atoms with Gasteiger partial charge < -0.3 is 14.7 Å². The SMILES string of the molecule is CC(C)(C)c1ccc(N2c3cc(N4c5ccc(F)cc5C5(C)CCCCC45C)cc4c3B(c3cc(C(C)(C)C)cc5c3N4C3(C)CCCCC53C)c3sc4cc5c(cc4c32)C(C)(C)CCC5(C)C)c(-c2ccccc2)c1. The van der Waals surface area contributed by atoms with Gasteiger partial charge in [-0.3, -0.25) is 0 Å². The van der Waals surface area contributed by atoms with Gasteiger partial charge in [0, 0.05) is 59.7 Å². The summed E-state index contributed by atoms with van der Waals surface area (Å²) in [6, 6.07) is 40.4. The van der Waals surface area contributed by atoms with Gasteiger partial charge in [0.05, 0.1) is 22.5 Å². The van der Waals surface area contributed by atoms with E-state index in [0.29, 0.717) is 0 Å². The summed E-state index contributed by atoms with van der Waals surface area (Å²) in [5.74, 6) is -0.137. The van der Waals surface area contributed by atoms with Crippen LogP contribution in [0.3, 0.4) is 0 Å². The molecule has 0 saturated heterocycles. The molecule has 4 unspecified atom stereocenters. The van der Waals surface area contributed by atoms with Crippen LogP contribution in [-0.4, -0.2) is 17.8 Å². The molecule has 7 aromatic rings. The van der Waals surface area contributed by atoms with Gasteiger partial charge in [-0.1, -0.05) is 157 Å². The van der Waals surface area contributed by atoms with Crippen LogP contribution in [0.15, 0.2) is 103 Å². The quantitative estimate of drug-likeness (QED) is 0.163. The third-order valence-corrected chi connectivity index (χ3v) is 23.2. The highest BCUT2D eigenvalue weighted by Crippen LogP contribution is 2.66. The van der Waals surface area contributed by atoms with Gasteiger partial charge >= 0.3 is 0 Å². The number of hydrogen-bond acceptors (Lipinski definition) is 4. The van der Waals surface area contributed by atoms with Crippen molar-refractivity contribution in [3.63, 3.8) is 0 Å². The number of nitrogens with zero attached hydrogens (tertiary/aromatic N) is 3. The largest absolute Gasteiger partial charge is 0.335 e. The molecule has 0 spiro atoms. The summed E-state index contributed by atoms with van der Waals surface area (Å²) in [4.78, 5) is 8.45. The molecule has 6 heteroatoms. The smallest absolute Gasteiger partial charge is 0.264 e. The number of halogens is 1. The summed E-state index contributed by atoms with van der Waals surface area (Å²) in [6.45, 7) is 34.6. The predicted molar refractivity (Wildman–Crippen MR) is 325 cm³/mol. The molecular formula is C70H79BFN3S. The van der Waals surface area contributed by atoms with Crippen LogP contribution in [0.5, 0.6) is 0 Å². The fourth-order valence-electron chi connectivity index (χ4n) is 16.8. The molecule has 14 rings (SSSR count). The van der Waals surface area contributed by atoms with Crippen molar-refractivity contribution in [3.8, 4) is 11.1 Å². The second kappa shape index (κ2) is 15.5. The molecule has 5 heterocycles. The molecule has 0 N–H and O–H groups in total. The van der Waals surface area contributed by atoms with Gasteiger partial charge in [-0.15, -0.1) is 11.3 Å². The van der Waals surface area contributed by atoms with E-state index in [1.165, 1.54) is 125 Å². The van der Waals surface area contributed by atoms with Gasteiger partial charge in [-0.25, -0.2) is 4.39 Å². The first-order valence-corrected chi connectivity index (χ1v) is 30.0. The van der Waals surface area contributed by atoms with E-state index >= 15 is 4.39 Å². The zero-order valence-electron chi connectivity index (χ0n) is 48.1. The van der Waals surface area contributed by atoms with Crippen LogP contribution in [0.1, 0.15) is 195 Å². The summed E-state index contributed by atoms with van der Waals surface area (Å²) in [5, 5.41) is 1.37. The van der Waals surface area contributed by atoms with Crippen molar-refractivity contribution in [2.24, 2.45) is 0 Å². The number of benzene rings is 6. The standard InChI is InChI=1S/C70H79BFN3S/c1-63(2,3)43-24-26-54(47(34-43)42-22-16-15-17-23-42)73-56-38-46(74-55-27-25-45(72)37-51(55)67(11)28-18-20-30-69(67,74)13)39-57-59(56)71(62-60(73)48-40-49-50(41-58(48)76-62)66(9,10)33-32-65(49,7)8)53-36-44(64(4,5)6)35-52-61(53)75(57)70(14)31-21-19-29-68(52,70)12/h15-17,22-27,34-41H,18-21,28-33H2,1-14H3. The third-order valence-electron chi connectivity index (χ3n) is 22.0. The van der Waals surface area contributed by atoms with Crippen LogP contribution in [0.25, 0.3) is 21.2 Å². The van der Waals surface area contributed by atoms with Gasteiger partial charge in [0.1, 0.15) is 5.82 Å². The maximum absolute atomic E-state index is 15.8. The van der Waals surface area contributed by atoms with E-state index in [1.807, 2.05) is 6.07 Å². The lowest BCUT2D eigenvalue weighted by atomic mass is 9.36. The molecular weight excluding hydrogens is 945 g/mol. The second-order valence-corrected chi connectivity index (χ2v) is 30.2. The Labute approximate surface area is 458 Å². The molecule has 2 fully saturated rings. The monoisotopic (exact) mass is 1020 g/mol. The van der Waals surface area contributed by atoms with Crippen LogP contribution < -0.4 is 30.4 Å². The molecule has 4 atom stereocenters. The Hall–Kier alpha value is -5.33. The van der Waals surface area contributed by atoms with Crippen LogP contribution in [0, 0.1) is 5.82 Å². The maximum Gasteiger partial charge on any atom is 0.264 e. The molecule has 1 aromatic heterocycles. The van der Waals surface area contributed by atoms with Crippen LogP contribution in [0.2, 0.25) is 0 Å². The highest BCUT2D eigenvalue weighted by molar-refractivity contribution is 7.33. The molecule has 390 valence electrons. The topological polar surface area (TPSA) is 9.72 Å². The van der Waals surface area contributed by atoms with Crippen molar-refractivity contribution in [3.05, 3.63) is 142 Å². The molecule has 0 bridgehead atoms. The molecule has 7 aliphatic rings. The zero-order valence-corrected chi connectivity index (χ0v) is 48.9. The lowest BCUT2D eigenvalue weighted by molar-refractivity contribution is 0.194. The highest BCUT2D eigenvalue weighted by atomic mass is 32.1. The molecule has 3 nitrogen and oxygen atoms in total. The Kier molecular flexibility index (Phi) is 9.98. The van der Waals surface area contributed by atoms with Gasteiger partial charge in [0.25, 0.3) is 6.71 Å². The van der Waals surface area contributed by atoms with Gasteiger partial charge in [-0.2, -0.15) is 0 Å². The van der Waals surface area contributed by atoms with E-state index in [-0.39, 0.29) is 56.1 Å². The van der Waals surface area contributed by atoms with Crippen molar-refractivity contribution >= 4 is 83.6 Å². The molecule has 0 radical (unpaired) electrons. The van der Waals surface area contributed by atoms with E-state index in [2.05, 4.69) is 214 Å². The Balaban J connectivity index is 1.17. The van der Waals surface area contributed by atoms with E-state index in [4.69, 9.17) is 0 Å². The molecule has 6 aromatic carbocycles. The van der Waals surface area contributed by atoms with Crippen molar-refractivity contribution in [2.45, 2.75) is 205 Å². The third kappa shape index (κ3) is 6.29. The lowest BCUT2D eigenvalue weighted by Gasteiger charge is -2.53. The minimum atomic E-state index is -0.268. The normalized spacial score (nSPS) is 26.4. The van der Waals surface area contributed by atoms with Crippen molar-refractivity contribution in [2.75, 3.05) is 14.7 Å². The molecule has 76 heavy (non-hydrogen) atoms. The van der Waals surface area contributed by atoms with Crippen molar-refractivity contribution < 1.29 is 4.39 Å². The second-order valence-electron chi connectivity index (χ2n) is 29.2. The summed E-state index contributed by atoms with van der Waals surface area (Å²) < 4.78 is 18.7. The summed E-state index contributed by atoms with van der Waals surface area (Å²) in [5.41, 5.74) is 22.3. The lowest BCUT2D eigenvalue weighted by Crippen LogP contribution is -2.64. The van der Waals surface area contributed by atoms with E-state index in [0.717, 1.165) is 44.1 Å². The van der Waals surface area contributed by atoms with E-state index in [1.54, 1.807) is 11.6 Å². The molecule has 0 amide bonds. The van der Waals surface area contributed by atoms with Crippen LogP contribution >= 0.6 is 11.3 Å². The van der Waals surface area contributed by atoms with Crippen LogP contribution in [0.4, 0.5) is 44.2 Å². The first-order valence-electron chi connectivity index (χ1n) is 29.2. The maximum atomic E-state index is 15.8. The first kappa shape index (κ1) is 49.0. The summed E-state index contributed by atoms with van der Waals surface area (Å²) >= 11 is 2.08. The predicted octanol–water partition coefficient (Wildman–Crippen LogP) is 17.7. The van der Waals surface area contributed by atoms with E-state index in [9.17, 15) is 0 Å². The Morgan fingerprint density at radius 3 is 1.79 bits per heavy atom. The fourth-order valence-corrected chi connectivity index (χ4v) is 18.2. The van der Waals surface area contributed by atoms with Crippen molar-refractivity contribution in [1.82, 2.24) is 0 Å². The van der Waals surface area contributed by atoms with E-state index < -0.39 is 0 Å². The first-order chi connectivity index (χ1) is 35.8. The molecule has 4 aliphatic heterocycles. The van der Waals surface area contributed by atoms with Gasteiger partial charge in [0.2, 0.25) is 0 Å². The minimum absolute atomic E-state index is 0.0184. The minimum Gasteiger partial charge on any atom is -0.335 e. The Morgan fingerprint density at radius 1 is 0.513 bits per heavy atom. The number of anilines is 7. The van der Waals surface area contributed by atoms with Crippen LogP contribution in [-0.2, 0) is 32.5 Å². The Morgan fingerprint density at radius 2 is 1.12 bits per heavy atom. The number of rotatable bonds is 3. The summed E-state index contributed by atoms with van der Waals surface area (Å²) in [6.07, 6.45) is 11.5. The van der Waals surface area contributed by atoms with Gasteiger partial charge in [-0.05, 0) is 178 Å². The number of hydrogen-bond donors (Lipinski definition) is 0. The fraction of sp³-hybridized carbons (Fsp3) is 0.457.